The highest BCUT2D eigenvalue weighted by molar-refractivity contribution is 6.07. The van der Waals surface area contributed by atoms with Crippen LogP contribution in [-0.2, 0) is 14.4 Å². The Balaban J connectivity index is 1.43. The number of carbonyl (C=O) groups is 4. The van der Waals surface area contributed by atoms with E-state index in [0.717, 1.165) is 12.0 Å². The number of carbonyl (C=O) groups excluding carboxylic acids is 4. The number of benzene rings is 1. The van der Waals surface area contributed by atoms with Crippen LogP contribution in [0.3, 0.4) is 0 Å². The van der Waals surface area contributed by atoms with Crippen LogP contribution in [0.15, 0.2) is 30.3 Å². The zero-order chi connectivity index (χ0) is 22.9. The molecule has 0 aromatic heterocycles. The minimum Gasteiger partial charge on any atom is -0.343 e. The number of nitrogens with one attached hydrogen (secondary N) is 1. The summed E-state index contributed by atoms with van der Waals surface area (Å²) < 4.78 is 0. The first-order valence-electron chi connectivity index (χ1n) is 11.6. The summed E-state index contributed by atoms with van der Waals surface area (Å²) in [5.74, 6) is -0.386. The molecule has 2 atom stereocenters. The zero-order valence-corrected chi connectivity index (χ0v) is 18.9. The highest BCUT2D eigenvalue weighted by Gasteiger charge is 2.54. The maximum absolute atomic E-state index is 13.4. The molecule has 3 saturated heterocycles. The van der Waals surface area contributed by atoms with Gasteiger partial charge in [-0.2, -0.15) is 0 Å². The van der Waals surface area contributed by atoms with Crippen molar-refractivity contribution in [3.8, 4) is 0 Å². The molecule has 2 unspecified atom stereocenters. The van der Waals surface area contributed by atoms with Gasteiger partial charge in [-0.3, -0.25) is 19.3 Å². The van der Waals surface area contributed by atoms with E-state index < -0.39 is 5.54 Å². The van der Waals surface area contributed by atoms with Crippen molar-refractivity contribution in [2.45, 2.75) is 63.5 Å². The predicted molar refractivity (Wildman–Crippen MR) is 119 cm³/mol. The molecule has 3 aliphatic rings. The number of imide groups is 1. The lowest BCUT2D eigenvalue weighted by molar-refractivity contribution is -0.141. The number of hydrogen-bond donors (Lipinski definition) is 1. The lowest BCUT2D eigenvalue weighted by atomic mass is 9.87. The molecule has 5 amide bonds. The molecule has 1 aromatic rings. The fraction of sp³-hybridized carbons (Fsp3) is 0.583. The molecule has 3 heterocycles. The number of hydrogen-bond acceptors (Lipinski definition) is 4. The summed E-state index contributed by atoms with van der Waals surface area (Å²) in [6, 6.07) is 8.96. The van der Waals surface area contributed by atoms with E-state index >= 15 is 0 Å². The third kappa shape index (κ3) is 3.98. The minimum absolute atomic E-state index is 0.0223. The Morgan fingerprint density at radius 1 is 1.09 bits per heavy atom. The van der Waals surface area contributed by atoms with Gasteiger partial charge in [0.05, 0.1) is 12.0 Å². The van der Waals surface area contributed by atoms with Gasteiger partial charge in [-0.05, 0) is 38.2 Å². The normalized spacial score (nSPS) is 23.9. The average molecular weight is 441 g/mol. The van der Waals surface area contributed by atoms with Crippen LogP contribution in [0.25, 0.3) is 0 Å². The summed E-state index contributed by atoms with van der Waals surface area (Å²) in [5.41, 5.74) is 0.0348. The molecule has 1 N–H and O–H groups in total. The molecule has 32 heavy (non-hydrogen) atoms. The highest BCUT2D eigenvalue weighted by Crippen LogP contribution is 2.33. The number of urea groups is 1. The summed E-state index contributed by atoms with van der Waals surface area (Å²) in [6.07, 6.45) is 2.74. The maximum atomic E-state index is 13.4. The maximum Gasteiger partial charge on any atom is 0.325 e. The Morgan fingerprint density at radius 2 is 1.78 bits per heavy atom. The van der Waals surface area contributed by atoms with Crippen LogP contribution in [0.5, 0.6) is 0 Å². The molecular weight excluding hydrogens is 408 g/mol. The molecule has 0 aliphatic carbocycles. The van der Waals surface area contributed by atoms with Crippen molar-refractivity contribution in [2.24, 2.45) is 0 Å². The lowest BCUT2D eigenvalue weighted by Gasteiger charge is -2.39. The highest BCUT2D eigenvalue weighted by atomic mass is 16.2. The van der Waals surface area contributed by atoms with E-state index in [1.54, 1.807) is 9.80 Å². The first kappa shape index (κ1) is 22.3. The van der Waals surface area contributed by atoms with Crippen molar-refractivity contribution >= 4 is 23.8 Å². The molecule has 8 heteroatoms. The van der Waals surface area contributed by atoms with E-state index in [1.807, 2.05) is 44.2 Å². The van der Waals surface area contributed by atoms with Gasteiger partial charge in [-0.15, -0.1) is 0 Å². The molecule has 1 aromatic carbocycles. The number of nitrogens with zero attached hydrogens (tertiary/aromatic N) is 3. The SMILES string of the molecule is CCC(=O)N1CCC2(CC1)NC(=O)N(C1CCCN(C(=O)C(C)c3ccccc3)C1)C2=O. The molecule has 3 aliphatic heterocycles. The van der Waals surface area contributed by atoms with Crippen molar-refractivity contribution in [3.05, 3.63) is 35.9 Å². The zero-order valence-electron chi connectivity index (χ0n) is 18.9. The molecule has 8 nitrogen and oxygen atoms in total. The Hall–Kier alpha value is -2.90. The van der Waals surface area contributed by atoms with Gasteiger partial charge < -0.3 is 15.1 Å². The second-order valence-corrected chi connectivity index (χ2v) is 9.13. The summed E-state index contributed by atoms with van der Waals surface area (Å²) in [7, 11) is 0. The van der Waals surface area contributed by atoms with Crippen LogP contribution < -0.4 is 5.32 Å². The van der Waals surface area contributed by atoms with Gasteiger partial charge in [0.25, 0.3) is 5.91 Å². The summed E-state index contributed by atoms with van der Waals surface area (Å²) in [4.78, 5) is 56.3. The van der Waals surface area contributed by atoms with Crippen molar-refractivity contribution in [1.82, 2.24) is 20.0 Å². The Labute approximate surface area is 188 Å². The third-order valence-corrected chi connectivity index (χ3v) is 7.21. The first-order valence-corrected chi connectivity index (χ1v) is 11.6. The Kier molecular flexibility index (Phi) is 6.22. The van der Waals surface area contributed by atoms with Gasteiger partial charge >= 0.3 is 6.03 Å². The largest absolute Gasteiger partial charge is 0.343 e. The summed E-state index contributed by atoms with van der Waals surface area (Å²) >= 11 is 0. The second kappa shape index (κ2) is 8.92. The molecular formula is C24H32N4O4. The summed E-state index contributed by atoms with van der Waals surface area (Å²) in [5, 5.41) is 2.93. The van der Waals surface area contributed by atoms with Gasteiger partial charge in [0.1, 0.15) is 5.54 Å². The molecule has 172 valence electrons. The Morgan fingerprint density at radius 3 is 2.44 bits per heavy atom. The van der Waals surface area contributed by atoms with Crippen LogP contribution in [0.4, 0.5) is 4.79 Å². The summed E-state index contributed by atoms with van der Waals surface area (Å²) in [6.45, 7) is 5.66. The fourth-order valence-electron chi connectivity index (χ4n) is 5.20. The van der Waals surface area contributed by atoms with E-state index in [9.17, 15) is 19.2 Å². The monoisotopic (exact) mass is 440 g/mol. The van der Waals surface area contributed by atoms with Crippen LogP contribution in [0.1, 0.15) is 57.4 Å². The topological polar surface area (TPSA) is 90.0 Å². The fourth-order valence-corrected chi connectivity index (χ4v) is 5.20. The van der Waals surface area contributed by atoms with Gasteiger partial charge in [-0.1, -0.05) is 37.3 Å². The van der Waals surface area contributed by atoms with E-state index in [4.69, 9.17) is 0 Å². The number of likely N-dealkylation sites (tertiary alicyclic amines) is 2. The molecule has 4 rings (SSSR count). The van der Waals surface area contributed by atoms with Gasteiger partial charge in [0.2, 0.25) is 11.8 Å². The van der Waals surface area contributed by atoms with Crippen molar-refractivity contribution in [3.63, 3.8) is 0 Å². The van der Waals surface area contributed by atoms with Crippen molar-refractivity contribution in [2.75, 3.05) is 26.2 Å². The van der Waals surface area contributed by atoms with Crippen molar-refractivity contribution in [1.29, 1.82) is 0 Å². The first-order chi connectivity index (χ1) is 15.4. The standard InChI is InChI=1S/C24H32N4O4/c1-3-20(29)26-14-11-24(12-15-26)22(31)28(23(32)25-24)19-10-7-13-27(16-19)21(30)17(2)18-8-5-4-6-9-18/h4-6,8-9,17,19H,3,7,10-16H2,1-2H3,(H,25,32). The average Bonchev–Trinajstić information content (AvgIpc) is 3.07. The quantitative estimate of drug-likeness (QED) is 0.726. The van der Waals surface area contributed by atoms with Crippen LogP contribution in [-0.4, -0.2) is 76.2 Å². The molecule has 0 bridgehead atoms. The van der Waals surface area contributed by atoms with Gasteiger partial charge in [0, 0.05) is 32.6 Å². The van der Waals surface area contributed by atoms with E-state index in [0.29, 0.717) is 51.9 Å². The third-order valence-electron chi connectivity index (χ3n) is 7.21. The second-order valence-electron chi connectivity index (χ2n) is 9.13. The minimum atomic E-state index is -0.925. The van der Waals surface area contributed by atoms with Crippen molar-refractivity contribution < 1.29 is 19.2 Å². The molecule has 3 fully saturated rings. The van der Waals surface area contributed by atoms with Crippen LogP contribution in [0, 0.1) is 0 Å². The molecule has 0 radical (unpaired) electrons. The molecule has 1 spiro atoms. The lowest BCUT2D eigenvalue weighted by Crippen LogP contribution is -2.57. The molecule has 0 saturated carbocycles. The number of amides is 5. The Bertz CT molecular complexity index is 895. The van der Waals surface area contributed by atoms with Crippen LogP contribution in [0.2, 0.25) is 0 Å². The van der Waals surface area contributed by atoms with Crippen LogP contribution >= 0.6 is 0 Å². The predicted octanol–water partition coefficient (Wildman–Crippen LogP) is 2.10. The number of rotatable bonds is 4. The van der Waals surface area contributed by atoms with E-state index in [2.05, 4.69) is 5.32 Å². The van der Waals surface area contributed by atoms with Gasteiger partial charge in [0.15, 0.2) is 0 Å². The smallest absolute Gasteiger partial charge is 0.325 e. The van der Waals surface area contributed by atoms with E-state index in [1.165, 1.54) is 4.90 Å². The van der Waals surface area contributed by atoms with Gasteiger partial charge in [-0.25, -0.2) is 4.79 Å². The van der Waals surface area contributed by atoms with E-state index in [-0.39, 0.29) is 35.7 Å². The number of piperidine rings is 2.